The highest BCUT2D eigenvalue weighted by molar-refractivity contribution is 9.10. The van der Waals surface area contributed by atoms with Gasteiger partial charge in [0, 0.05) is 33.0 Å². The van der Waals surface area contributed by atoms with Gasteiger partial charge in [-0.3, -0.25) is 15.0 Å². The Kier molecular flexibility index (Phi) is 4.11. The van der Waals surface area contributed by atoms with Crippen molar-refractivity contribution < 1.29 is 14.5 Å². The SMILES string of the molecule is CC[C@]12CCCN3CC[C@@]4(c5cc(Br)ccc5N[C@H]4C(C(=O)OC)([N+](=O)[O-])C1)[C@@H]32. The molecule has 156 valence electrons. The van der Waals surface area contributed by atoms with E-state index in [9.17, 15) is 14.9 Å². The van der Waals surface area contributed by atoms with Crippen molar-refractivity contribution in [3.05, 3.63) is 38.3 Å². The third-order valence-corrected chi connectivity index (χ3v) is 8.83. The van der Waals surface area contributed by atoms with E-state index in [1.807, 2.05) is 12.1 Å². The molecule has 0 bridgehead atoms. The third kappa shape index (κ3) is 2.14. The Labute approximate surface area is 178 Å². The molecule has 7 nitrogen and oxygen atoms in total. The monoisotopic (exact) mass is 463 g/mol. The number of nitro groups is 1. The summed E-state index contributed by atoms with van der Waals surface area (Å²) in [5.74, 6) is -0.721. The van der Waals surface area contributed by atoms with Crippen molar-refractivity contribution in [1.29, 1.82) is 0 Å². The van der Waals surface area contributed by atoms with Crippen LogP contribution in [0.4, 0.5) is 5.69 Å². The lowest BCUT2D eigenvalue weighted by molar-refractivity contribution is -0.568. The molecule has 5 atom stereocenters. The summed E-state index contributed by atoms with van der Waals surface area (Å²) in [6.07, 6.45) is 3.78. The van der Waals surface area contributed by atoms with E-state index in [4.69, 9.17) is 4.74 Å². The largest absolute Gasteiger partial charge is 0.464 e. The lowest BCUT2D eigenvalue weighted by Crippen LogP contribution is -2.76. The van der Waals surface area contributed by atoms with Gasteiger partial charge in [-0.2, -0.15) is 0 Å². The van der Waals surface area contributed by atoms with Gasteiger partial charge in [-0.1, -0.05) is 22.9 Å². The molecule has 2 saturated heterocycles. The van der Waals surface area contributed by atoms with E-state index in [-0.39, 0.29) is 22.8 Å². The minimum Gasteiger partial charge on any atom is -0.464 e. The number of hydrogen-bond donors (Lipinski definition) is 1. The minimum atomic E-state index is -1.79. The lowest BCUT2D eigenvalue weighted by atomic mass is 9.47. The van der Waals surface area contributed by atoms with E-state index in [2.05, 4.69) is 39.1 Å². The fraction of sp³-hybridized carbons (Fsp3) is 0.667. The standard InChI is InChI=1S/C21H26BrN3O4/c1-3-19-7-4-9-24-10-8-20(17(19)24)14-11-13(22)5-6-15(14)23-16(20)21(12-19,25(27)28)18(26)29-2/h5-6,11,16-17,23H,3-4,7-10,12H2,1-2H3/t16-,17+,19+,20+,21?/m1/s1. The molecular formula is C21H26BrN3O4. The first kappa shape index (κ1) is 19.3. The molecule has 29 heavy (non-hydrogen) atoms. The summed E-state index contributed by atoms with van der Waals surface area (Å²) in [5.41, 5.74) is -0.528. The second kappa shape index (κ2) is 6.17. The fourth-order valence-electron chi connectivity index (χ4n) is 7.39. The molecular weight excluding hydrogens is 438 g/mol. The van der Waals surface area contributed by atoms with Crippen molar-refractivity contribution in [1.82, 2.24) is 4.90 Å². The minimum absolute atomic E-state index is 0.194. The van der Waals surface area contributed by atoms with Crippen LogP contribution in [0.5, 0.6) is 0 Å². The maximum Gasteiger partial charge on any atom is 0.386 e. The summed E-state index contributed by atoms with van der Waals surface area (Å²) in [5, 5.41) is 16.1. The van der Waals surface area contributed by atoms with Crippen LogP contribution in [0.3, 0.4) is 0 Å². The van der Waals surface area contributed by atoms with Crippen molar-refractivity contribution in [3.63, 3.8) is 0 Å². The number of carbonyl (C=O) groups is 1. The van der Waals surface area contributed by atoms with Gasteiger partial charge < -0.3 is 10.1 Å². The average Bonchev–Trinajstić information content (AvgIpc) is 3.27. The van der Waals surface area contributed by atoms with E-state index >= 15 is 0 Å². The number of benzene rings is 1. The van der Waals surface area contributed by atoms with E-state index in [0.717, 1.165) is 54.5 Å². The summed E-state index contributed by atoms with van der Waals surface area (Å²) in [4.78, 5) is 28.0. The fourth-order valence-corrected chi connectivity index (χ4v) is 7.75. The topological polar surface area (TPSA) is 84.7 Å². The average molecular weight is 464 g/mol. The van der Waals surface area contributed by atoms with Crippen molar-refractivity contribution in [2.75, 3.05) is 25.5 Å². The molecule has 1 saturated carbocycles. The van der Waals surface area contributed by atoms with Crippen LogP contribution in [0, 0.1) is 15.5 Å². The van der Waals surface area contributed by atoms with Crippen LogP contribution in [0.2, 0.25) is 0 Å². The normalized spacial score (nSPS) is 39.8. The first-order valence-corrected chi connectivity index (χ1v) is 11.2. The molecule has 1 spiro atoms. The van der Waals surface area contributed by atoms with Crippen molar-refractivity contribution >= 4 is 27.6 Å². The van der Waals surface area contributed by atoms with Crippen LogP contribution in [0.25, 0.3) is 0 Å². The van der Waals surface area contributed by atoms with Crippen molar-refractivity contribution in [2.45, 2.75) is 62.1 Å². The zero-order chi connectivity index (χ0) is 20.6. The predicted octanol–water partition coefficient (Wildman–Crippen LogP) is 3.34. The number of hydrogen-bond acceptors (Lipinski definition) is 6. The van der Waals surface area contributed by atoms with E-state index in [1.165, 1.54) is 7.11 Å². The van der Waals surface area contributed by atoms with Crippen LogP contribution < -0.4 is 5.32 Å². The second-order valence-electron chi connectivity index (χ2n) is 9.17. The molecule has 0 radical (unpaired) electrons. The first-order chi connectivity index (χ1) is 13.9. The van der Waals surface area contributed by atoms with Gasteiger partial charge in [-0.15, -0.1) is 0 Å². The van der Waals surface area contributed by atoms with Gasteiger partial charge in [0.2, 0.25) is 0 Å². The van der Waals surface area contributed by atoms with Gasteiger partial charge in [0.1, 0.15) is 6.04 Å². The number of nitrogens with zero attached hydrogens (tertiary/aromatic N) is 2. The molecule has 3 aliphatic heterocycles. The van der Waals surface area contributed by atoms with E-state index in [1.54, 1.807) is 0 Å². The summed E-state index contributed by atoms with van der Waals surface area (Å²) < 4.78 is 6.07. The number of fused-ring (bicyclic) bond motifs is 1. The van der Waals surface area contributed by atoms with Gasteiger partial charge in [0.15, 0.2) is 0 Å². The highest BCUT2D eigenvalue weighted by Gasteiger charge is 2.79. The molecule has 3 heterocycles. The van der Waals surface area contributed by atoms with Crippen molar-refractivity contribution in [2.24, 2.45) is 5.41 Å². The number of nitrogens with one attached hydrogen (secondary N) is 1. The predicted molar refractivity (Wildman–Crippen MR) is 112 cm³/mol. The molecule has 1 N–H and O–H groups in total. The van der Waals surface area contributed by atoms with Gasteiger partial charge >= 0.3 is 11.5 Å². The van der Waals surface area contributed by atoms with E-state index < -0.39 is 23.0 Å². The smallest absolute Gasteiger partial charge is 0.386 e. The number of esters is 1. The highest BCUT2D eigenvalue weighted by Crippen LogP contribution is 2.66. The summed E-state index contributed by atoms with van der Waals surface area (Å²) in [6.45, 7) is 4.06. The number of ether oxygens (including phenoxy) is 1. The molecule has 0 amide bonds. The number of piperidine rings is 1. The Hall–Kier alpha value is -1.67. The number of halogens is 1. The number of anilines is 1. The lowest BCUT2D eigenvalue weighted by Gasteiger charge is -2.59. The number of carbonyl (C=O) groups excluding carboxylic acids is 1. The van der Waals surface area contributed by atoms with E-state index in [0.29, 0.717) is 0 Å². The van der Waals surface area contributed by atoms with Crippen molar-refractivity contribution in [3.8, 4) is 0 Å². The molecule has 5 rings (SSSR count). The molecule has 1 aromatic rings. The summed E-state index contributed by atoms with van der Waals surface area (Å²) in [7, 11) is 1.27. The molecule has 1 aromatic carbocycles. The molecule has 4 aliphatic rings. The Balaban J connectivity index is 1.83. The zero-order valence-electron chi connectivity index (χ0n) is 16.7. The summed E-state index contributed by atoms with van der Waals surface area (Å²) in [6, 6.07) is 5.61. The number of methoxy groups -OCH3 is 1. The summed E-state index contributed by atoms with van der Waals surface area (Å²) >= 11 is 3.60. The Bertz CT molecular complexity index is 910. The molecule has 1 unspecified atom stereocenters. The first-order valence-electron chi connectivity index (χ1n) is 10.4. The Morgan fingerprint density at radius 1 is 1.41 bits per heavy atom. The second-order valence-corrected chi connectivity index (χ2v) is 10.1. The third-order valence-electron chi connectivity index (χ3n) is 8.33. The van der Waals surface area contributed by atoms with Gasteiger partial charge in [0.25, 0.3) is 0 Å². The molecule has 8 heteroatoms. The number of rotatable bonds is 3. The maximum atomic E-state index is 13.2. The molecule has 1 aliphatic carbocycles. The molecule has 0 aromatic heterocycles. The van der Waals surface area contributed by atoms with Gasteiger partial charge in [0.05, 0.1) is 7.11 Å². The van der Waals surface area contributed by atoms with Gasteiger partial charge in [-0.05, 0) is 68.0 Å². The molecule has 3 fully saturated rings. The Morgan fingerprint density at radius 2 is 2.21 bits per heavy atom. The Morgan fingerprint density at radius 3 is 2.90 bits per heavy atom. The highest BCUT2D eigenvalue weighted by atomic mass is 79.9. The van der Waals surface area contributed by atoms with Crippen LogP contribution in [-0.2, 0) is 14.9 Å². The zero-order valence-corrected chi connectivity index (χ0v) is 18.3. The van der Waals surface area contributed by atoms with Crippen LogP contribution in [0.1, 0.15) is 44.6 Å². The maximum absolute atomic E-state index is 13.2. The van der Waals surface area contributed by atoms with Crippen LogP contribution >= 0.6 is 15.9 Å². The van der Waals surface area contributed by atoms with Crippen LogP contribution in [-0.4, -0.2) is 53.6 Å². The van der Waals surface area contributed by atoms with Crippen LogP contribution in [0.15, 0.2) is 22.7 Å². The van der Waals surface area contributed by atoms with Gasteiger partial charge in [-0.25, -0.2) is 4.79 Å². The quantitative estimate of drug-likeness (QED) is 0.420.